The summed E-state index contributed by atoms with van der Waals surface area (Å²) in [5.41, 5.74) is 2.36. The Morgan fingerprint density at radius 2 is 1.83 bits per heavy atom. The van der Waals surface area contributed by atoms with Crippen LogP contribution < -0.4 is 10.6 Å². The molecule has 0 saturated carbocycles. The number of nitrogens with one attached hydrogen (secondary N) is 2. The van der Waals surface area contributed by atoms with Crippen molar-refractivity contribution in [3.8, 4) is 0 Å². The fourth-order valence-corrected chi connectivity index (χ4v) is 2.14. The van der Waals surface area contributed by atoms with E-state index in [0.717, 1.165) is 18.4 Å². The van der Waals surface area contributed by atoms with Crippen molar-refractivity contribution >= 4 is 23.3 Å². The molecule has 0 aliphatic heterocycles. The summed E-state index contributed by atoms with van der Waals surface area (Å²) >= 11 is 0. The van der Waals surface area contributed by atoms with Crippen LogP contribution >= 0.6 is 0 Å². The Kier molecular flexibility index (Phi) is 7.07. The van der Waals surface area contributed by atoms with Crippen molar-refractivity contribution in [1.29, 1.82) is 0 Å². The van der Waals surface area contributed by atoms with Gasteiger partial charge in [0.05, 0.1) is 0 Å². The van der Waals surface area contributed by atoms with Crippen LogP contribution in [-0.2, 0) is 4.79 Å². The Hall–Kier alpha value is -2.04. The number of benzene rings is 1. The maximum atomic E-state index is 12.4. The summed E-state index contributed by atoms with van der Waals surface area (Å²) in [5, 5.41) is 5.78. The quantitative estimate of drug-likeness (QED) is 0.823. The molecule has 1 rings (SSSR count). The van der Waals surface area contributed by atoms with Crippen LogP contribution in [0.4, 0.5) is 16.2 Å². The zero-order valence-corrected chi connectivity index (χ0v) is 15.1. The van der Waals surface area contributed by atoms with Gasteiger partial charge in [0.25, 0.3) is 0 Å². The number of amides is 3. The van der Waals surface area contributed by atoms with Crippen molar-refractivity contribution in [2.24, 2.45) is 5.92 Å². The second-order valence-corrected chi connectivity index (χ2v) is 6.35. The highest BCUT2D eigenvalue weighted by atomic mass is 16.2. The van der Waals surface area contributed by atoms with Crippen molar-refractivity contribution in [3.05, 3.63) is 23.8 Å². The summed E-state index contributed by atoms with van der Waals surface area (Å²) in [6.07, 6.45) is 2.00. The first kappa shape index (κ1) is 19.0. The van der Waals surface area contributed by atoms with E-state index < -0.39 is 0 Å². The van der Waals surface area contributed by atoms with Crippen LogP contribution in [-0.4, -0.2) is 29.9 Å². The first-order valence-corrected chi connectivity index (χ1v) is 8.21. The van der Waals surface area contributed by atoms with Crippen molar-refractivity contribution < 1.29 is 9.59 Å². The van der Waals surface area contributed by atoms with Crippen LogP contribution in [0.25, 0.3) is 0 Å². The number of urea groups is 1. The molecule has 0 aliphatic carbocycles. The Morgan fingerprint density at radius 3 is 2.39 bits per heavy atom. The number of nitrogens with zero attached hydrogens (tertiary/aromatic N) is 1. The molecule has 2 N–H and O–H groups in total. The molecule has 1 atom stereocenters. The molecule has 1 aromatic rings. The fourth-order valence-electron chi connectivity index (χ4n) is 2.14. The second-order valence-electron chi connectivity index (χ2n) is 6.35. The Labute approximate surface area is 139 Å². The minimum atomic E-state index is -0.138. The molecule has 3 amide bonds. The monoisotopic (exact) mass is 319 g/mol. The normalized spacial score (nSPS) is 12.0. The van der Waals surface area contributed by atoms with Crippen molar-refractivity contribution in [3.63, 3.8) is 0 Å². The highest BCUT2D eigenvalue weighted by molar-refractivity contribution is 5.94. The van der Waals surface area contributed by atoms with Gasteiger partial charge in [-0.25, -0.2) is 4.79 Å². The number of aryl methyl sites for hydroxylation is 1. The SMILES string of the molecule is CCC[C@@H](C)N(C)C(=O)Nc1cc(NC(=O)C(C)C)ccc1C. The summed E-state index contributed by atoms with van der Waals surface area (Å²) in [4.78, 5) is 25.9. The molecular formula is C18H29N3O2. The molecule has 5 nitrogen and oxygen atoms in total. The number of rotatable bonds is 6. The topological polar surface area (TPSA) is 61.4 Å². The molecule has 5 heteroatoms. The molecule has 0 saturated heterocycles. The standard InChI is InChI=1S/C18H29N3O2/c1-7-8-14(5)21(6)18(23)20-16-11-15(10-9-13(16)4)19-17(22)12(2)3/h9-12,14H,7-8H2,1-6H3,(H,19,22)(H,20,23)/t14-/m1/s1. The molecule has 0 aromatic heterocycles. The van der Waals surface area contributed by atoms with Crippen LogP contribution in [0.15, 0.2) is 18.2 Å². The molecule has 0 aliphatic rings. The summed E-state index contributed by atoms with van der Waals surface area (Å²) in [6, 6.07) is 5.58. The predicted molar refractivity (Wildman–Crippen MR) is 95.8 cm³/mol. The number of hydrogen-bond donors (Lipinski definition) is 2. The molecule has 0 bridgehead atoms. The maximum Gasteiger partial charge on any atom is 0.321 e. The minimum absolute atomic E-state index is 0.0418. The van der Waals surface area contributed by atoms with Crippen LogP contribution in [0.5, 0.6) is 0 Å². The lowest BCUT2D eigenvalue weighted by Crippen LogP contribution is -2.38. The smallest absolute Gasteiger partial charge is 0.321 e. The first-order valence-electron chi connectivity index (χ1n) is 8.21. The van der Waals surface area contributed by atoms with Crippen LogP contribution in [0, 0.1) is 12.8 Å². The average molecular weight is 319 g/mol. The van der Waals surface area contributed by atoms with E-state index in [1.165, 1.54) is 0 Å². The predicted octanol–water partition coefficient (Wildman–Crippen LogP) is 4.24. The van der Waals surface area contributed by atoms with Gasteiger partial charge in [0.1, 0.15) is 0 Å². The van der Waals surface area contributed by atoms with Gasteiger partial charge in [0, 0.05) is 30.4 Å². The van der Waals surface area contributed by atoms with Gasteiger partial charge in [-0.3, -0.25) is 4.79 Å². The average Bonchev–Trinajstić information content (AvgIpc) is 2.49. The highest BCUT2D eigenvalue weighted by Gasteiger charge is 2.16. The van der Waals surface area contributed by atoms with E-state index in [4.69, 9.17) is 0 Å². The van der Waals surface area contributed by atoms with Gasteiger partial charge >= 0.3 is 6.03 Å². The lowest BCUT2D eigenvalue weighted by molar-refractivity contribution is -0.118. The molecule has 0 fully saturated rings. The van der Waals surface area contributed by atoms with E-state index in [0.29, 0.717) is 11.4 Å². The summed E-state index contributed by atoms with van der Waals surface area (Å²) in [7, 11) is 1.80. The van der Waals surface area contributed by atoms with Crippen LogP contribution in [0.1, 0.15) is 46.1 Å². The first-order chi connectivity index (χ1) is 10.8. The van der Waals surface area contributed by atoms with Crippen molar-refractivity contribution in [2.75, 3.05) is 17.7 Å². The lowest BCUT2D eigenvalue weighted by Gasteiger charge is -2.25. The third kappa shape index (κ3) is 5.58. The van der Waals surface area contributed by atoms with E-state index in [2.05, 4.69) is 17.6 Å². The van der Waals surface area contributed by atoms with Gasteiger partial charge in [0.2, 0.25) is 5.91 Å². The molecule has 0 unspecified atom stereocenters. The molecule has 23 heavy (non-hydrogen) atoms. The van der Waals surface area contributed by atoms with Gasteiger partial charge in [-0.1, -0.05) is 33.3 Å². The van der Waals surface area contributed by atoms with Gasteiger partial charge in [-0.2, -0.15) is 0 Å². The van der Waals surface area contributed by atoms with E-state index >= 15 is 0 Å². The van der Waals surface area contributed by atoms with Crippen LogP contribution in [0.2, 0.25) is 0 Å². The molecule has 128 valence electrons. The summed E-state index contributed by atoms with van der Waals surface area (Å²) < 4.78 is 0. The van der Waals surface area contributed by atoms with Gasteiger partial charge < -0.3 is 15.5 Å². The molecular weight excluding hydrogens is 290 g/mol. The maximum absolute atomic E-state index is 12.4. The van der Waals surface area contributed by atoms with E-state index in [-0.39, 0.29) is 23.9 Å². The zero-order chi connectivity index (χ0) is 17.6. The Morgan fingerprint density at radius 1 is 1.17 bits per heavy atom. The van der Waals surface area contributed by atoms with Gasteiger partial charge in [-0.15, -0.1) is 0 Å². The number of carbonyl (C=O) groups is 2. The zero-order valence-electron chi connectivity index (χ0n) is 15.1. The number of hydrogen-bond acceptors (Lipinski definition) is 2. The van der Waals surface area contributed by atoms with E-state index in [1.54, 1.807) is 18.0 Å². The third-order valence-electron chi connectivity index (χ3n) is 3.96. The molecule has 0 heterocycles. The highest BCUT2D eigenvalue weighted by Crippen LogP contribution is 2.21. The largest absolute Gasteiger partial charge is 0.326 e. The Bertz CT molecular complexity index is 555. The van der Waals surface area contributed by atoms with Crippen molar-refractivity contribution in [2.45, 2.75) is 53.5 Å². The third-order valence-corrected chi connectivity index (χ3v) is 3.96. The number of carbonyl (C=O) groups excluding carboxylic acids is 2. The molecule has 0 spiro atoms. The van der Waals surface area contributed by atoms with E-state index in [1.807, 2.05) is 39.8 Å². The lowest BCUT2D eigenvalue weighted by atomic mass is 10.1. The number of anilines is 2. The molecule has 1 aromatic carbocycles. The fraction of sp³-hybridized carbons (Fsp3) is 0.556. The van der Waals surface area contributed by atoms with E-state index in [9.17, 15) is 9.59 Å². The summed E-state index contributed by atoms with van der Waals surface area (Å²) in [5.74, 6) is -0.129. The molecule has 0 radical (unpaired) electrons. The minimum Gasteiger partial charge on any atom is -0.326 e. The van der Waals surface area contributed by atoms with Crippen LogP contribution in [0.3, 0.4) is 0 Å². The second kappa shape index (κ2) is 8.56. The van der Waals surface area contributed by atoms with Crippen molar-refractivity contribution in [1.82, 2.24) is 4.90 Å². The van der Waals surface area contributed by atoms with Gasteiger partial charge in [0.15, 0.2) is 0 Å². The summed E-state index contributed by atoms with van der Waals surface area (Å²) in [6.45, 7) is 9.76. The van der Waals surface area contributed by atoms with Gasteiger partial charge in [-0.05, 0) is 38.0 Å². The Balaban J connectivity index is 2.83.